The van der Waals surface area contributed by atoms with Crippen molar-refractivity contribution in [2.45, 2.75) is 124 Å². The van der Waals surface area contributed by atoms with E-state index in [4.69, 9.17) is 4.74 Å². The smallest absolute Gasteiger partial charge is 0.302 e. The van der Waals surface area contributed by atoms with Crippen LogP contribution in [-0.2, 0) is 9.53 Å². The fourth-order valence-corrected chi connectivity index (χ4v) is 9.62. The van der Waals surface area contributed by atoms with Crippen molar-refractivity contribution in [2.75, 3.05) is 0 Å². The summed E-state index contributed by atoms with van der Waals surface area (Å²) in [5.74, 6) is 5.37. The van der Waals surface area contributed by atoms with Crippen LogP contribution in [0, 0.1) is 52.3 Å². The Balaban J connectivity index is 1.46. The van der Waals surface area contributed by atoms with Gasteiger partial charge in [0.1, 0.15) is 6.10 Å². The molecule has 0 heterocycles. The second kappa shape index (κ2) is 9.23. The van der Waals surface area contributed by atoms with Gasteiger partial charge in [0.05, 0.1) is 6.10 Å². The SMILES string of the molecule is CC(=O)O[C@@H]1CC2CC[C@H]3[C@@H]4CC[C@H]([C@H](C)CCCC(C)C)[C@@]4(C)CC[C@@H]3[C@@]2(C)C[C@@H]1O. The Labute approximate surface area is 197 Å². The molecule has 0 amide bonds. The molecule has 4 aliphatic rings. The van der Waals surface area contributed by atoms with Crippen LogP contribution in [0.15, 0.2) is 0 Å². The minimum Gasteiger partial charge on any atom is -0.460 e. The van der Waals surface area contributed by atoms with Crippen LogP contribution in [0.1, 0.15) is 112 Å². The highest BCUT2D eigenvalue weighted by atomic mass is 16.6. The average molecular weight is 447 g/mol. The molecule has 32 heavy (non-hydrogen) atoms. The van der Waals surface area contributed by atoms with Gasteiger partial charge < -0.3 is 9.84 Å². The molecule has 0 aliphatic heterocycles. The van der Waals surface area contributed by atoms with Gasteiger partial charge >= 0.3 is 5.97 Å². The highest BCUT2D eigenvalue weighted by Gasteiger charge is 2.61. The summed E-state index contributed by atoms with van der Waals surface area (Å²) in [6.45, 7) is 13.9. The van der Waals surface area contributed by atoms with E-state index in [1.165, 1.54) is 64.7 Å². The molecule has 4 aliphatic carbocycles. The fraction of sp³-hybridized carbons (Fsp3) is 0.966. The maximum atomic E-state index is 11.5. The quantitative estimate of drug-likeness (QED) is 0.446. The lowest BCUT2D eigenvalue weighted by Gasteiger charge is -2.61. The standard InChI is InChI=1S/C29H50O3/c1-18(2)8-7-9-19(3)23-12-13-24-22-11-10-21-16-27(32-20(4)30)26(31)17-29(21,6)25(22)14-15-28(23,24)5/h18-19,21-27,31H,7-17H2,1-6H3/t19-,21?,22+,23-,24+,25+,26+,27-,28-,29+/m1/s1. The van der Waals surface area contributed by atoms with Crippen LogP contribution in [0.4, 0.5) is 0 Å². The fourth-order valence-electron chi connectivity index (χ4n) is 9.62. The number of fused-ring (bicyclic) bond motifs is 5. The summed E-state index contributed by atoms with van der Waals surface area (Å²) in [4.78, 5) is 11.5. The molecule has 0 radical (unpaired) electrons. The van der Waals surface area contributed by atoms with Gasteiger partial charge in [-0.25, -0.2) is 0 Å². The summed E-state index contributed by atoms with van der Waals surface area (Å²) in [6.07, 6.45) is 13.2. The zero-order chi connectivity index (χ0) is 23.3. The van der Waals surface area contributed by atoms with E-state index in [2.05, 4.69) is 34.6 Å². The molecule has 4 fully saturated rings. The van der Waals surface area contributed by atoms with Crippen LogP contribution in [0.25, 0.3) is 0 Å². The molecule has 4 rings (SSSR count). The molecular weight excluding hydrogens is 396 g/mol. The summed E-state index contributed by atoms with van der Waals surface area (Å²) in [5, 5.41) is 10.9. The molecule has 3 nitrogen and oxygen atoms in total. The molecule has 0 aromatic carbocycles. The van der Waals surface area contributed by atoms with Crippen LogP contribution < -0.4 is 0 Å². The van der Waals surface area contributed by atoms with E-state index in [-0.39, 0.29) is 17.5 Å². The third-order valence-corrected chi connectivity index (χ3v) is 11.2. The molecule has 0 bridgehead atoms. The lowest BCUT2D eigenvalue weighted by atomic mass is 9.44. The van der Waals surface area contributed by atoms with Crippen molar-refractivity contribution in [1.29, 1.82) is 0 Å². The van der Waals surface area contributed by atoms with Gasteiger partial charge in [0.2, 0.25) is 0 Å². The van der Waals surface area contributed by atoms with E-state index in [0.29, 0.717) is 11.3 Å². The first-order valence-corrected chi connectivity index (χ1v) is 13.9. The third-order valence-electron chi connectivity index (χ3n) is 11.2. The Morgan fingerprint density at radius 2 is 1.72 bits per heavy atom. The number of carbonyl (C=O) groups excluding carboxylic acids is 1. The number of carbonyl (C=O) groups is 1. The van der Waals surface area contributed by atoms with Crippen LogP contribution >= 0.6 is 0 Å². The molecule has 0 aromatic heterocycles. The maximum Gasteiger partial charge on any atom is 0.302 e. The van der Waals surface area contributed by atoms with Gasteiger partial charge in [-0.05, 0) is 104 Å². The number of hydrogen-bond acceptors (Lipinski definition) is 3. The molecule has 0 saturated heterocycles. The maximum absolute atomic E-state index is 11.5. The van der Waals surface area contributed by atoms with Crippen molar-refractivity contribution >= 4 is 5.97 Å². The highest BCUT2D eigenvalue weighted by molar-refractivity contribution is 5.66. The predicted octanol–water partition coefficient (Wildman–Crippen LogP) is 7.01. The molecule has 3 heteroatoms. The van der Waals surface area contributed by atoms with Crippen molar-refractivity contribution in [2.24, 2.45) is 52.3 Å². The lowest BCUT2D eigenvalue weighted by molar-refractivity contribution is -0.182. The monoisotopic (exact) mass is 446 g/mol. The van der Waals surface area contributed by atoms with Crippen molar-refractivity contribution in [3.63, 3.8) is 0 Å². The minimum atomic E-state index is -0.496. The van der Waals surface area contributed by atoms with E-state index in [9.17, 15) is 9.90 Å². The van der Waals surface area contributed by atoms with Crippen molar-refractivity contribution in [1.82, 2.24) is 0 Å². The lowest BCUT2D eigenvalue weighted by Crippen LogP contribution is -2.57. The van der Waals surface area contributed by atoms with Crippen LogP contribution in [0.5, 0.6) is 0 Å². The number of hydrogen-bond donors (Lipinski definition) is 1. The Morgan fingerprint density at radius 1 is 1.00 bits per heavy atom. The number of rotatable bonds is 6. The minimum absolute atomic E-state index is 0.210. The Bertz CT molecular complexity index is 673. The van der Waals surface area contributed by atoms with Gasteiger partial charge in [0, 0.05) is 6.92 Å². The first-order chi connectivity index (χ1) is 15.1. The Kier molecular flexibility index (Phi) is 7.08. The molecule has 1 N–H and O–H groups in total. The van der Waals surface area contributed by atoms with Crippen molar-refractivity contribution < 1.29 is 14.6 Å². The second-order valence-electron chi connectivity index (χ2n) is 13.3. The number of aliphatic hydroxyl groups is 1. The van der Waals surface area contributed by atoms with Crippen molar-refractivity contribution in [3.8, 4) is 0 Å². The second-order valence-corrected chi connectivity index (χ2v) is 13.3. The van der Waals surface area contributed by atoms with E-state index < -0.39 is 6.10 Å². The molecular formula is C29H50O3. The summed E-state index contributed by atoms with van der Waals surface area (Å²) in [6, 6.07) is 0. The van der Waals surface area contributed by atoms with Gasteiger partial charge in [0.15, 0.2) is 0 Å². The van der Waals surface area contributed by atoms with Gasteiger partial charge in [0.25, 0.3) is 0 Å². The highest BCUT2D eigenvalue weighted by Crippen LogP contribution is 2.68. The molecule has 0 spiro atoms. The summed E-state index contributed by atoms with van der Waals surface area (Å²) in [7, 11) is 0. The summed E-state index contributed by atoms with van der Waals surface area (Å²) < 4.78 is 5.52. The van der Waals surface area contributed by atoms with Crippen LogP contribution in [-0.4, -0.2) is 23.3 Å². The van der Waals surface area contributed by atoms with E-state index in [1.54, 1.807) is 0 Å². The zero-order valence-electron chi connectivity index (χ0n) is 21.7. The largest absolute Gasteiger partial charge is 0.460 e. The predicted molar refractivity (Wildman–Crippen MR) is 130 cm³/mol. The third kappa shape index (κ3) is 4.29. The first kappa shape index (κ1) is 24.6. The van der Waals surface area contributed by atoms with Crippen molar-refractivity contribution in [3.05, 3.63) is 0 Å². The summed E-state index contributed by atoms with van der Waals surface area (Å²) >= 11 is 0. The molecule has 0 aromatic rings. The normalized spacial score (nSPS) is 46.8. The molecule has 4 saturated carbocycles. The molecule has 10 atom stereocenters. The topological polar surface area (TPSA) is 46.5 Å². The number of aliphatic hydroxyl groups excluding tert-OH is 1. The van der Waals surface area contributed by atoms with E-state index >= 15 is 0 Å². The average Bonchev–Trinajstić information content (AvgIpc) is 3.05. The van der Waals surface area contributed by atoms with Gasteiger partial charge in [-0.3, -0.25) is 4.79 Å². The van der Waals surface area contributed by atoms with E-state index in [0.717, 1.165) is 48.3 Å². The molecule has 1 unspecified atom stereocenters. The summed E-state index contributed by atoms with van der Waals surface area (Å²) in [5.41, 5.74) is 0.733. The Morgan fingerprint density at radius 3 is 2.41 bits per heavy atom. The first-order valence-electron chi connectivity index (χ1n) is 13.9. The Hall–Kier alpha value is -0.570. The van der Waals surface area contributed by atoms with Gasteiger partial charge in [-0.1, -0.05) is 53.9 Å². The van der Waals surface area contributed by atoms with E-state index in [1.807, 2.05) is 0 Å². The van der Waals surface area contributed by atoms with Crippen LogP contribution in [0.3, 0.4) is 0 Å². The van der Waals surface area contributed by atoms with Gasteiger partial charge in [-0.2, -0.15) is 0 Å². The zero-order valence-corrected chi connectivity index (χ0v) is 21.7. The van der Waals surface area contributed by atoms with Crippen LogP contribution in [0.2, 0.25) is 0 Å². The van der Waals surface area contributed by atoms with Gasteiger partial charge in [-0.15, -0.1) is 0 Å². The number of esters is 1. The molecule has 184 valence electrons. The number of ether oxygens (including phenoxy) is 1.